The molecule has 236 valence electrons. The second-order valence-corrected chi connectivity index (χ2v) is 9.60. The zero-order chi connectivity index (χ0) is 33.6. The van der Waals surface area contributed by atoms with Crippen molar-refractivity contribution in [2.45, 2.75) is 0 Å². The fraction of sp³-hybridized carbons (Fsp3) is 0. The van der Waals surface area contributed by atoms with Crippen LogP contribution in [0.4, 0.5) is 23.3 Å². The van der Waals surface area contributed by atoms with E-state index in [0.717, 1.165) is 0 Å². The molecule has 0 unspecified atom stereocenters. The van der Waals surface area contributed by atoms with Crippen LogP contribution in [0.5, 0.6) is 0 Å². The summed E-state index contributed by atoms with van der Waals surface area (Å²) in [5.41, 5.74) is 1.68. The molecule has 0 aromatic carbocycles. The maximum absolute atomic E-state index is 12.1. The van der Waals surface area contributed by atoms with Crippen molar-refractivity contribution >= 4 is 46.9 Å². The van der Waals surface area contributed by atoms with Gasteiger partial charge in [0, 0.05) is 49.6 Å². The first-order valence-electron chi connectivity index (χ1n) is 14.2. The van der Waals surface area contributed by atoms with Crippen LogP contribution in [-0.4, -0.2) is 53.5 Å². The van der Waals surface area contributed by atoms with Crippen LogP contribution in [-0.2, 0) is 0 Å². The molecule has 0 aliphatic rings. The largest absolute Gasteiger partial charge is 0.306 e. The van der Waals surface area contributed by atoms with Crippen LogP contribution in [0.3, 0.4) is 0 Å². The molecule has 0 radical (unpaired) electrons. The smallest absolute Gasteiger partial charge is 0.258 e. The fourth-order valence-corrected chi connectivity index (χ4v) is 3.89. The van der Waals surface area contributed by atoms with Crippen molar-refractivity contribution in [3.8, 4) is 0 Å². The molecule has 0 aliphatic heterocycles. The number of aromatic nitrogens is 6. The van der Waals surface area contributed by atoms with Gasteiger partial charge in [0.05, 0.1) is 22.3 Å². The summed E-state index contributed by atoms with van der Waals surface area (Å²) in [6.07, 6.45) is 12.2. The highest BCUT2D eigenvalue weighted by atomic mass is 16.2. The standard InChI is InChI=1S/2C17H13N5O2/c2*23-16(12-4-2-8-18-10-12)21-14-6-1-7-15(20-14)22-17(24)13-5-3-9-19-11-13/h2*1-11H,(H2,20,21,22,23,24). The van der Waals surface area contributed by atoms with Crippen molar-refractivity contribution < 1.29 is 19.2 Å². The number of hydrogen-bond donors (Lipinski definition) is 4. The Hall–Kier alpha value is -7.22. The van der Waals surface area contributed by atoms with Gasteiger partial charge in [0.2, 0.25) is 0 Å². The Balaban J connectivity index is 0.000000188. The molecule has 4 N–H and O–H groups in total. The SMILES string of the molecule is O=C(Nc1cccc(NC(=O)c2cccnc2)n1)c1cccnc1.O=C(Nc1cccc(NC(=O)c2cccnc2)n1)c1cccnc1. The van der Waals surface area contributed by atoms with Crippen LogP contribution in [0.1, 0.15) is 41.4 Å². The van der Waals surface area contributed by atoms with Crippen molar-refractivity contribution in [2.24, 2.45) is 0 Å². The van der Waals surface area contributed by atoms with E-state index < -0.39 is 0 Å². The van der Waals surface area contributed by atoms with Crippen molar-refractivity contribution in [3.05, 3.63) is 157 Å². The number of nitrogens with one attached hydrogen (secondary N) is 4. The number of carbonyl (C=O) groups excluding carboxylic acids is 4. The summed E-state index contributed by atoms with van der Waals surface area (Å²) < 4.78 is 0. The predicted molar refractivity (Wildman–Crippen MR) is 177 cm³/mol. The number of rotatable bonds is 8. The highest BCUT2D eigenvalue weighted by Gasteiger charge is 2.11. The predicted octanol–water partition coefficient (Wildman–Crippen LogP) is 4.75. The fourth-order valence-electron chi connectivity index (χ4n) is 3.89. The number of amides is 4. The molecule has 0 bridgehead atoms. The van der Waals surface area contributed by atoms with Crippen molar-refractivity contribution in [1.29, 1.82) is 0 Å². The van der Waals surface area contributed by atoms with Gasteiger partial charge in [0.15, 0.2) is 0 Å². The van der Waals surface area contributed by atoms with Crippen LogP contribution < -0.4 is 21.3 Å². The van der Waals surface area contributed by atoms with Gasteiger partial charge in [0.1, 0.15) is 23.3 Å². The first-order chi connectivity index (χ1) is 23.4. The zero-order valence-electron chi connectivity index (χ0n) is 25.0. The van der Waals surface area contributed by atoms with Crippen molar-refractivity contribution in [2.75, 3.05) is 21.3 Å². The maximum atomic E-state index is 12.1. The summed E-state index contributed by atoms with van der Waals surface area (Å²) in [4.78, 5) is 72.3. The number of pyridine rings is 6. The summed E-state index contributed by atoms with van der Waals surface area (Å²) in [5, 5.41) is 10.6. The number of anilines is 4. The summed E-state index contributed by atoms with van der Waals surface area (Å²) in [6.45, 7) is 0. The molecule has 14 heteroatoms. The van der Waals surface area contributed by atoms with Gasteiger partial charge < -0.3 is 21.3 Å². The van der Waals surface area contributed by atoms with Gasteiger partial charge in [0.25, 0.3) is 23.6 Å². The average molecular weight is 639 g/mol. The second kappa shape index (κ2) is 16.2. The minimum Gasteiger partial charge on any atom is -0.306 e. The van der Waals surface area contributed by atoms with Gasteiger partial charge in [-0.25, -0.2) is 9.97 Å². The van der Waals surface area contributed by atoms with Crippen LogP contribution in [0, 0.1) is 0 Å². The maximum Gasteiger partial charge on any atom is 0.258 e. The number of carbonyl (C=O) groups is 4. The monoisotopic (exact) mass is 638 g/mol. The first-order valence-corrected chi connectivity index (χ1v) is 14.2. The lowest BCUT2D eigenvalue weighted by Crippen LogP contribution is -2.16. The van der Waals surface area contributed by atoms with E-state index in [2.05, 4.69) is 51.2 Å². The highest BCUT2D eigenvalue weighted by Crippen LogP contribution is 2.13. The average Bonchev–Trinajstić information content (AvgIpc) is 3.13. The molecule has 4 amide bonds. The summed E-state index contributed by atoms with van der Waals surface area (Å²) in [6, 6.07) is 23.2. The third kappa shape index (κ3) is 9.39. The minimum atomic E-state index is -0.327. The lowest BCUT2D eigenvalue weighted by atomic mass is 10.2. The molecular weight excluding hydrogens is 612 g/mol. The molecule has 6 aromatic heterocycles. The van der Waals surface area contributed by atoms with E-state index in [1.807, 2.05) is 0 Å². The summed E-state index contributed by atoms with van der Waals surface area (Å²) in [7, 11) is 0. The Morgan fingerprint density at radius 2 is 0.604 bits per heavy atom. The van der Waals surface area contributed by atoms with Gasteiger partial charge in [-0.2, -0.15) is 0 Å². The second-order valence-electron chi connectivity index (χ2n) is 9.60. The molecule has 48 heavy (non-hydrogen) atoms. The Labute approximate surface area is 273 Å². The van der Waals surface area contributed by atoms with Gasteiger partial charge in [-0.05, 0) is 72.8 Å². The van der Waals surface area contributed by atoms with Gasteiger partial charge >= 0.3 is 0 Å². The molecule has 0 saturated carbocycles. The van der Waals surface area contributed by atoms with Crippen LogP contribution in [0.15, 0.2) is 135 Å². The van der Waals surface area contributed by atoms with E-state index >= 15 is 0 Å². The van der Waals surface area contributed by atoms with Crippen LogP contribution in [0.25, 0.3) is 0 Å². The lowest BCUT2D eigenvalue weighted by molar-refractivity contribution is 0.101. The van der Waals surface area contributed by atoms with Crippen molar-refractivity contribution in [3.63, 3.8) is 0 Å². The Morgan fingerprint density at radius 3 is 0.812 bits per heavy atom. The highest BCUT2D eigenvalue weighted by molar-refractivity contribution is 6.06. The van der Waals surface area contributed by atoms with Crippen molar-refractivity contribution in [1.82, 2.24) is 29.9 Å². The minimum absolute atomic E-state index is 0.327. The molecule has 0 atom stereocenters. The lowest BCUT2D eigenvalue weighted by Gasteiger charge is -2.07. The molecule has 6 rings (SSSR count). The third-order valence-corrected chi connectivity index (χ3v) is 6.16. The quantitative estimate of drug-likeness (QED) is 0.181. The Morgan fingerprint density at radius 1 is 0.354 bits per heavy atom. The molecule has 0 spiro atoms. The third-order valence-electron chi connectivity index (χ3n) is 6.16. The van der Waals surface area contributed by atoms with Gasteiger partial charge in [-0.1, -0.05) is 12.1 Å². The van der Waals surface area contributed by atoms with E-state index in [4.69, 9.17) is 0 Å². The molecular formula is C34H26N10O4. The van der Waals surface area contributed by atoms with Crippen LogP contribution in [0.2, 0.25) is 0 Å². The first kappa shape index (κ1) is 32.2. The molecule has 6 heterocycles. The molecule has 0 aliphatic carbocycles. The van der Waals surface area contributed by atoms with Gasteiger partial charge in [-0.3, -0.25) is 39.1 Å². The van der Waals surface area contributed by atoms with E-state index in [0.29, 0.717) is 45.5 Å². The number of hydrogen-bond acceptors (Lipinski definition) is 10. The number of nitrogens with zero attached hydrogens (tertiary/aromatic N) is 6. The summed E-state index contributed by atoms with van der Waals surface area (Å²) in [5.74, 6) is -0.00305. The van der Waals surface area contributed by atoms with Gasteiger partial charge in [-0.15, -0.1) is 0 Å². The normalized spacial score (nSPS) is 10.0. The molecule has 0 saturated heterocycles. The van der Waals surface area contributed by atoms with Crippen LogP contribution >= 0.6 is 0 Å². The Bertz CT molecular complexity index is 1720. The molecule has 0 fully saturated rings. The molecule has 14 nitrogen and oxygen atoms in total. The van der Waals surface area contributed by atoms with E-state index in [1.54, 1.807) is 110 Å². The van der Waals surface area contributed by atoms with E-state index in [9.17, 15) is 19.2 Å². The van der Waals surface area contributed by atoms with E-state index in [1.165, 1.54) is 24.8 Å². The zero-order valence-corrected chi connectivity index (χ0v) is 25.0. The molecule has 6 aromatic rings. The topological polar surface area (TPSA) is 194 Å². The Kier molecular flexibility index (Phi) is 10.9. The van der Waals surface area contributed by atoms with E-state index in [-0.39, 0.29) is 23.6 Å². The summed E-state index contributed by atoms with van der Waals surface area (Å²) >= 11 is 0.